The first-order valence-electron chi connectivity index (χ1n) is 5.70. The first kappa shape index (κ1) is 14.6. The van der Waals surface area contributed by atoms with E-state index in [0.29, 0.717) is 5.89 Å². The molecule has 108 valence electrons. The molecule has 0 aliphatic heterocycles. The van der Waals surface area contributed by atoms with Crippen molar-refractivity contribution in [2.24, 2.45) is 5.73 Å². The second kappa shape index (κ2) is 5.65. The van der Waals surface area contributed by atoms with Crippen molar-refractivity contribution in [2.45, 2.75) is 24.9 Å². The predicted octanol–water partition coefficient (Wildman–Crippen LogP) is 0.454. The second-order valence-electron chi connectivity index (χ2n) is 4.01. The van der Waals surface area contributed by atoms with E-state index in [1.54, 1.807) is 6.92 Å². The fraction of sp³-hybridized carbons (Fsp3) is 0.273. The van der Waals surface area contributed by atoms with Crippen LogP contribution in [0.25, 0.3) is 0 Å². The highest BCUT2D eigenvalue weighted by molar-refractivity contribution is 7.89. The van der Waals surface area contributed by atoms with Crippen LogP contribution in [0.15, 0.2) is 27.6 Å². The van der Waals surface area contributed by atoms with Gasteiger partial charge in [-0.25, -0.2) is 17.5 Å². The Morgan fingerprint density at radius 2 is 2.20 bits per heavy atom. The SMILES string of the molecule is Cc1nc(CNS(=O)(=O)c2ccc(F)c(CN)c2)no1. The molecule has 0 unspecified atom stereocenters. The van der Waals surface area contributed by atoms with Crippen LogP contribution in [0.2, 0.25) is 0 Å². The average molecular weight is 300 g/mol. The minimum Gasteiger partial charge on any atom is -0.340 e. The van der Waals surface area contributed by atoms with Crippen LogP contribution in [0.1, 0.15) is 17.3 Å². The van der Waals surface area contributed by atoms with Crippen LogP contribution in [0.5, 0.6) is 0 Å². The van der Waals surface area contributed by atoms with Crippen LogP contribution in [0, 0.1) is 12.7 Å². The lowest BCUT2D eigenvalue weighted by molar-refractivity contribution is 0.387. The number of hydrogen-bond acceptors (Lipinski definition) is 6. The number of nitrogens with one attached hydrogen (secondary N) is 1. The lowest BCUT2D eigenvalue weighted by Gasteiger charge is -2.07. The van der Waals surface area contributed by atoms with Gasteiger partial charge in [0.25, 0.3) is 0 Å². The van der Waals surface area contributed by atoms with Gasteiger partial charge < -0.3 is 10.3 Å². The lowest BCUT2D eigenvalue weighted by atomic mass is 10.2. The van der Waals surface area contributed by atoms with Gasteiger partial charge in [-0.1, -0.05) is 5.16 Å². The molecule has 0 radical (unpaired) electrons. The van der Waals surface area contributed by atoms with Gasteiger partial charge in [-0.2, -0.15) is 4.98 Å². The zero-order valence-electron chi connectivity index (χ0n) is 10.6. The summed E-state index contributed by atoms with van der Waals surface area (Å²) in [6, 6.07) is 3.42. The first-order valence-corrected chi connectivity index (χ1v) is 7.18. The van der Waals surface area contributed by atoms with Crippen molar-refractivity contribution >= 4 is 10.0 Å². The molecule has 0 spiro atoms. The standard InChI is InChI=1S/C11H13FN4O3S/c1-7-15-11(16-19-7)6-14-20(17,18)9-2-3-10(12)8(4-9)5-13/h2-4,14H,5-6,13H2,1H3. The van der Waals surface area contributed by atoms with Gasteiger partial charge in [0.2, 0.25) is 15.9 Å². The van der Waals surface area contributed by atoms with E-state index in [2.05, 4.69) is 14.9 Å². The number of rotatable bonds is 5. The summed E-state index contributed by atoms with van der Waals surface area (Å²) in [6.45, 7) is 1.40. The maximum Gasteiger partial charge on any atom is 0.240 e. The van der Waals surface area contributed by atoms with Crippen molar-refractivity contribution in [2.75, 3.05) is 0 Å². The largest absolute Gasteiger partial charge is 0.340 e. The molecule has 7 nitrogen and oxygen atoms in total. The van der Waals surface area contributed by atoms with E-state index >= 15 is 0 Å². The van der Waals surface area contributed by atoms with Crippen LogP contribution in [-0.2, 0) is 23.1 Å². The molecule has 9 heteroatoms. The lowest BCUT2D eigenvalue weighted by Crippen LogP contribution is -2.24. The normalized spacial score (nSPS) is 11.8. The highest BCUT2D eigenvalue weighted by Crippen LogP contribution is 2.15. The highest BCUT2D eigenvalue weighted by atomic mass is 32.2. The summed E-state index contributed by atoms with van der Waals surface area (Å²) in [5, 5.41) is 3.57. The molecule has 1 aromatic heterocycles. The molecule has 2 rings (SSSR count). The monoisotopic (exact) mass is 300 g/mol. The molecule has 0 aliphatic rings. The predicted molar refractivity (Wildman–Crippen MR) is 67.4 cm³/mol. The third-order valence-electron chi connectivity index (χ3n) is 2.54. The number of nitrogens with two attached hydrogens (primary N) is 1. The fourth-order valence-corrected chi connectivity index (χ4v) is 2.56. The molecule has 0 amide bonds. The van der Waals surface area contributed by atoms with Crippen molar-refractivity contribution < 1.29 is 17.3 Å². The summed E-state index contributed by atoms with van der Waals surface area (Å²) in [5.41, 5.74) is 5.47. The molecular weight excluding hydrogens is 287 g/mol. The van der Waals surface area contributed by atoms with Crippen molar-refractivity contribution in [3.63, 3.8) is 0 Å². The third-order valence-corrected chi connectivity index (χ3v) is 3.94. The molecule has 0 aliphatic carbocycles. The molecule has 1 heterocycles. The van der Waals surface area contributed by atoms with Gasteiger partial charge in [-0.3, -0.25) is 0 Å². The zero-order chi connectivity index (χ0) is 14.8. The average Bonchev–Trinajstić information content (AvgIpc) is 2.83. The highest BCUT2D eigenvalue weighted by Gasteiger charge is 2.17. The summed E-state index contributed by atoms with van der Waals surface area (Å²) >= 11 is 0. The van der Waals surface area contributed by atoms with E-state index in [-0.39, 0.29) is 29.4 Å². The number of hydrogen-bond donors (Lipinski definition) is 2. The molecule has 20 heavy (non-hydrogen) atoms. The van der Waals surface area contributed by atoms with E-state index in [0.717, 1.165) is 12.1 Å². The number of aryl methyl sites for hydroxylation is 1. The first-order chi connectivity index (χ1) is 9.42. The Morgan fingerprint density at radius 1 is 1.45 bits per heavy atom. The third kappa shape index (κ3) is 3.18. The Labute approximate surface area is 115 Å². The summed E-state index contributed by atoms with van der Waals surface area (Å²) < 4.78 is 44.4. The van der Waals surface area contributed by atoms with Gasteiger partial charge in [0, 0.05) is 19.0 Å². The molecule has 0 fully saturated rings. The summed E-state index contributed by atoms with van der Waals surface area (Å²) in [5.74, 6) is 0.0128. The smallest absolute Gasteiger partial charge is 0.240 e. The fourth-order valence-electron chi connectivity index (χ4n) is 1.53. The number of halogens is 1. The second-order valence-corrected chi connectivity index (χ2v) is 5.78. The molecule has 0 saturated carbocycles. The van der Waals surface area contributed by atoms with Crippen molar-refractivity contribution in [1.82, 2.24) is 14.9 Å². The van der Waals surface area contributed by atoms with E-state index < -0.39 is 15.8 Å². The van der Waals surface area contributed by atoms with Crippen LogP contribution < -0.4 is 10.5 Å². The summed E-state index contributed by atoms with van der Waals surface area (Å²) in [4.78, 5) is 3.80. The van der Waals surface area contributed by atoms with Crippen LogP contribution in [-0.4, -0.2) is 18.6 Å². The number of nitrogens with zero attached hydrogens (tertiary/aromatic N) is 2. The minimum atomic E-state index is -3.79. The Morgan fingerprint density at radius 3 is 2.80 bits per heavy atom. The van der Waals surface area contributed by atoms with Gasteiger partial charge >= 0.3 is 0 Å². The maximum atomic E-state index is 13.3. The van der Waals surface area contributed by atoms with Gasteiger partial charge in [0.05, 0.1) is 11.4 Å². The quantitative estimate of drug-likeness (QED) is 0.829. The van der Waals surface area contributed by atoms with Crippen LogP contribution >= 0.6 is 0 Å². The van der Waals surface area contributed by atoms with Gasteiger partial charge in [0.1, 0.15) is 5.82 Å². The van der Waals surface area contributed by atoms with Crippen molar-refractivity contribution in [3.05, 3.63) is 41.3 Å². The molecule has 0 bridgehead atoms. The number of sulfonamides is 1. The Hall–Kier alpha value is -1.84. The van der Waals surface area contributed by atoms with Gasteiger partial charge in [-0.05, 0) is 18.2 Å². The summed E-state index contributed by atoms with van der Waals surface area (Å²) in [6.07, 6.45) is 0. The summed E-state index contributed by atoms with van der Waals surface area (Å²) in [7, 11) is -3.79. The van der Waals surface area contributed by atoms with E-state index in [1.165, 1.54) is 6.07 Å². The van der Waals surface area contributed by atoms with E-state index in [9.17, 15) is 12.8 Å². The zero-order valence-corrected chi connectivity index (χ0v) is 11.4. The Bertz CT molecular complexity index is 714. The molecule has 3 N–H and O–H groups in total. The van der Waals surface area contributed by atoms with Crippen LogP contribution in [0.4, 0.5) is 4.39 Å². The number of aromatic nitrogens is 2. The molecule has 0 atom stereocenters. The van der Waals surface area contributed by atoms with E-state index in [4.69, 9.17) is 10.3 Å². The van der Waals surface area contributed by atoms with Gasteiger partial charge in [-0.15, -0.1) is 0 Å². The van der Waals surface area contributed by atoms with Crippen molar-refractivity contribution in [3.8, 4) is 0 Å². The van der Waals surface area contributed by atoms with Crippen molar-refractivity contribution in [1.29, 1.82) is 0 Å². The topological polar surface area (TPSA) is 111 Å². The van der Waals surface area contributed by atoms with Crippen LogP contribution in [0.3, 0.4) is 0 Å². The molecule has 0 saturated heterocycles. The molecule has 2 aromatic rings. The minimum absolute atomic E-state index is 0.0698. The Balaban J connectivity index is 2.17. The van der Waals surface area contributed by atoms with Gasteiger partial charge in [0.15, 0.2) is 5.82 Å². The Kier molecular flexibility index (Phi) is 4.12. The maximum absolute atomic E-state index is 13.3. The van der Waals surface area contributed by atoms with E-state index in [1.807, 2.05) is 0 Å². The number of benzene rings is 1. The molecule has 1 aromatic carbocycles. The molecular formula is C11H13FN4O3S.